The molecule has 2 N–H and O–H groups in total. The zero-order valence-corrected chi connectivity index (χ0v) is 16.3. The van der Waals surface area contributed by atoms with E-state index in [1.807, 2.05) is 62.2 Å². The minimum Gasteiger partial charge on any atom is -0.483 e. The Balaban J connectivity index is 1.59. The lowest BCUT2D eigenvalue weighted by atomic mass is 9.84. The van der Waals surface area contributed by atoms with Gasteiger partial charge in [-0.2, -0.15) is 5.10 Å². The van der Waals surface area contributed by atoms with E-state index in [2.05, 4.69) is 22.3 Å². The van der Waals surface area contributed by atoms with E-state index in [1.165, 1.54) is 0 Å². The number of aliphatic hydroxyl groups is 1. The van der Waals surface area contributed by atoms with Crippen LogP contribution in [0.15, 0.2) is 36.8 Å². The van der Waals surface area contributed by atoms with E-state index >= 15 is 0 Å². The van der Waals surface area contributed by atoms with Gasteiger partial charge in [-0.05, 0) is 57.0 Å². The molecular weight excluding hydrogens is 340 g/mol. The Labute approximate surface area is 159 Å². The first-order valence-corrected chi connectivity index (χ1v) is 9.31. The third kappa shape index (κ3) is 3.19. The number of aryl methyl sites for hydroxylation is 2. The Morgan fingerprint density at radius 2 is 2.11 bits per heavy atom. The molecule has 3 heterocycles. The van der Waals surface area contributed by atoms with E-state index < -0.39 is 11.3 Å². The molecule has 0 fully saturated rings. The van der Waals surface area contributed by atoms with Crippen LogP contribution < -0.4 is 10.1 Å². The van der Waals surface area contributed by atoms with Gasteiger partial charge in [-0.15, -0.1) is 0 Å². The van der Waals surface area contributed by atoms with Crippen LogP contribution in [0.25, 0.3) is 10.9 Å². The maximum atomic E-state index is 11.4. The summed E-state index contributed by atoms with van der Waals surface area (Å²) in [5.74, 6) is 0.817. The number of pyridine rings is 1. The van der Waals surface area contributed by atoms with Gasteiger partial charge in [0.25, 0.3) is 0 Å². The molecule has 27 heavy (non-hydrogen) atoms. The molecule has 0 amide bonds. The number of hydrogen-bond donors (Lipinski definition) is 2. The fourth-order valence-corrected chi connectivity index (χ4v) is 3.68. The van der Waals surface area contributed by atoms with Crippen molar-refractivity contribution in [2.45, 2.75) is 52.0 Å². The minimum absolute atomic E-state index is 0.457. The summed E-state index contributed by atoms with van der Waals surface area (Å²) in [4.78, 5) is 4.47. The monoisotopic (exact) mass is 366 g/mol. The highest BCUT2D eigenvalue weighted by atomic mass is 16.5. The van der Waals surface area contributed by atoms with Crippen molar-refractivity contribution >= 4 is 10.9 Å². The highest BCUT2D eigenvalue weighted by molar-refractivity contribution is 5.84. The lowest BCUT2D eigenvalue weighted by molar-refractivity contribution is -0.147. The fraction of sp³-hybridized carbons (Fsp3) is 0.429. The van der Waals surface area contributed by atoms with E-state index in [4.69, 9.17) is 4.74 Å². The molecule has 6 nitrogen and oxygen atoms in total. The van der Waals surface area contributed by atoms with Crippen molar-refractivity contribution < 1.29 is 9.84 Å². The van der Waals surface area contributed by atoms with Gasteiger partial charge in [-0.1, -0.05) is 0 Å². The largest absolute Gasteiger partial charge is 0.483 e. The summed E-state index contributed by atoms with van der Waals surface area (Å²) in [5.41, 5.74) is 2.22. The second-order valence-electron chi connectivity index (χ2n) is 7.96. The molecule has 0 bridgehead atoms. The topological polar surface area (TPSA) is 72.2 Å². The van der Waals surface area contributed by atoms with Gasteiger partial charge in [0.15, 0.2) is 5.72 Å². The number of nitrogens with zero attached hydrogens (tertiary/aromatic N) is 3. The van der Waals surface area contributed by atoms with Crippen molar-refractivity contribution in [1.29, 1.82) is 0 Å². The van der Waals surface area contributed by atoms with E-state index in [9.17, 15) is 5.11 Å². The number of hydrogen-bond acceptors (Lipinski definition) is 5. The van der Waals surface area contributed by atoms with Gasteiger partial charge in [0.1, 0.15) is 11.4 Å². The summed E-state index contributed by atoms with van der Waals surface area (Å²) in [7, 11) is 0. The second-order valence-corrected chi connectivity index (χ2v) is 7.96. The number of benzene rings is 1. The Morgan fingerprint density at radius 1 is 1.30 bits per heavy atom. The minimum atomic E-state index is -1.18. The van der Waals surface area contributed by atoms with Crippen LogP contribution >= 0.6 is 0 Å². The predicted octanol–water partition coefficient (Wildman–Crippen LogP) is 2.74. The molecule has 1 aliphatic rings. The van der Waals surface area contributed by atoms with Crippen molar-refractivity contribution in [1.82, 2.24) is 20.1 Å². The molecule has 142 valence electrons. The molecule has 1 aliphatic heterocycles. The molecule has 0 radical (unpaired) electrons. The summed E-state index contributed by atoms with van der Waals surface area (Å²) < 4.78 is 8.11. The highest BCUT2D eigenvalue weighted by Crippen LogP contribution is 2.40. The third-order valence-corrected chi connectivity index (χ3v) is 5.47. The lowest BCUT2D eigenvalue weighted by Crippen LogP contribution is -2.66. The number of ether oxygens (including phenoxy) is 1. The first-order chi connectivity index (χ1) is 12.8. The number of fused-ring (bicyclic) bond motifs is 2. The van der Waals surface area contributed by atoms with Gasteiger partial charge in [0, 0.05) is 36.3 Å². The average Bonchev–Trinajstić information content (AvgIpc) is 3.00. The molecule has 0 saturated heterocycles. The van der Waals surface area contributed by atoms with Crippen LogP contribution in [0.2, 0.25) is 0 Å². The highest BCUT2D eigenvalue weighted by Gasteiger charge is 2.49. The number of nitrogens with one attached hydrogen (secondary N) is 1. The van der Waals surface area contributed by atoms with Crippen LogP contribution in [-0.2, 0) is 13.0 Å². The van der Waals surface area contributed by atoms with Crippen LogP contribution in [-0.4, -0.2) is 37.7 Å². The molecule has 1 atom stereocenters. The molecule has 0 aliphatic carbocycles. The Morgan fingerprint density at radius 3 is 2.85 bits per heavy atom. The molecule has 6 heteroatoms. The maximum Gasteiger partial charge on any atom is 0.159 e. The smallest absolute Gasteiger partial charge is 0.159 e. The van der Waals surface area contributed by atoms with Gasteiger partial charge < -0.3 is 9.84 Å². The number of rotatable bonds is 4. The van der Waals surface area contributed by atoms with Gasteiger partial charge in [-0.3, -0.25) is 15.0 Å². The van der Waals surface area contributed by atoms with E-state index in [0.29, 0.717) is 19.5 Å². The van der Waals surface area contributed by atoms with Crippen LogP contribution in [0.3, 0.4) is 0 Å². The van der Waals surface area contributed by atoms with Gasteiger partial charge in [0.2, 0.25) is 0 Å². The standard InChI is InChI=1S/C21H26N4O2/c1-14-12-24-25(13-14)8-7-23-21(26)11-16-9-18-17(15(2)5-6-22-18)10-19(16)27-20(21,3)4/h5-6,9-10,12-13,23,26H,7-8,11H2,1-4H3. The average molecular weight is 366 g/mol. The van der Waals surface area contributed by atoms with Gasteiger partial charge >= 0.3 is 0 Å². The van der Waals surface area contributed by atoms with Gasteiger partial charge in [-0.25, -0.2) is 0 Å². The molecule has 4 rings (SSSR count). The summed E-state index contributed by atoms with van der Waals surface area (Å²) in [5, 5.41) is 20.0. The summed E-state index contributed by atoms with van der Waals surface area (Å²) in [6.07, 6.45) is 6.09. The van der Waals surface area contributed by atoms with E-state index in [1.54, 1.807) is 0 Å². The first kappa shape index (κ1) is 17.9. The van der Waals surface area contributed by atoms with Crippen molar-refractivity contribution in [3.05, 3.63) is 53.5 Å². The Bertz CT molecular complexity index is 995. The van der Waals surface area contributed by atoms with E-state index in [0.717, 1.165) is 33.3 Å². The molecule has 1 aromatic carbocycles. The first-order valence-electron chi connectivity index (χ1n) is 9.31. The van der Waals surface area contributed by atoms with Gasteiger partial charge in [0.05, 0.1) is 18.3 Å². The van der Waals surface area contributed by atoms with Crippen LogP contribution in [0, 0.1) is 13.8 Å². The second kappa shape index (κ2) is 6.32. The zero-order chi connectivity index (χ0) is 19.2. The van der Waals surface area contributed by atoms with Crippen molar-refractivity contribution in [3.8, 4) is 5.75 Å². The molecule has 0 spiro atoms. The van der Waals surface area contributed by atoms with Crippen LogP contribution in [0.5, 0.6) is 5.75 Å². The quantitative estimate of drug-likeness (QED) is 0.695. The Kier molecular flexibility index (Phi) is 4.20. The lowest BCUT2D eigenvalue weighted by Gasteiger charge is -2.47. The fourth-order valence-electron chi connectivity index (χ4n) is 3.68. The Hall–Kier alpha value is -2.44. The molecule has 1 unspecified atom stereocenters. The summed E-state index contributed by atoms with van der Waals surface area (Å²) >= 11 is 0. The van der Waals surface area contributed by atoms with Crippen molar-refractivity contribution in [2.75, 3.05) is 6.54 Å². The maximum absolute atomic E-state index is 11.4. The van der Waals surface area contributed by atoms with Crippen molar-refractivity contribution in [2.24, 2.45) is 0 Å². The zero-order valence-electron chi connectivity index (χ0n) is 16.3. The molecule has 3 aromatic rings. The number of aromatic nitrogens is 3. The predicted molar refractivity (Wildman–Crippen MR) is 105 cm³/mol. The summed E-state index contributed by atoms with van der Waals surface area (Å²) in [6, 6.07) is 6.06. The van der Waals surface area contributed by atoms with Crippen LogP contribution in [0.1, 0.15) is 30.5 Å². The third-order valence-electron chi connectivity index (χ3n) is 5.47. The normalized spacial score (nSPS) is 21.1. The molecular formula is C21H26N4O2. The van der Waals surface area contributed by atoms with E-state index in [-0.39, 0.29) is 0 Å². The molecule has 2 aromatic heterocycles. The summed E-state index contributed by atoms with van der Waals surface area (Å²) in [6.45, 7) is 9.18. The molecule has 0 saturated carbocycles. The SMILES string of the molecule is Cc1cnn(CCNC2(O)Cc3cc4nccc(C)c4cc3OC2(C)C)c1. The van der Waals surface area contributed by atoms with Crippen molar-refractivity contribution in [3.63, 3.8) is 0 Å². The van der Waals surface area contributed by atoms with Crippen LogP contribution in [0.4, 0.5) is 0 Å².